The Hall–Kier alpha value is -2.59. The van der Waals surface area contributed by atoms with Gasteiger partial charge in [-0.15, -0.1) is 0 Å². The standard InChI is InChI=1S/C16H15NO7S2/c1-9-6-12(16(19)20)15(18)14(7-9)26(23,24)17-11-3-2-10-4-5-25(21,22)13(10)8-11/h2-3,6-8,17-18H,4-5H2,1H3,(H,19,20). The Morgan fingerprint density at radius 3 is 2.54 bits per heavy atom. The van der Waals surface area contributed by atoms with Crippen LogP contribution in [0, 0.1) is 6.92 Å². The van der Waals surface area contributed by atoms with Crippen molar-refractivity contribution in [1.82, 2.24) is 0 Å². The number of rotatable bonds is 4. The summed E-state index contributed by atoms with van der Waals surface area (Å²) in [6.07, 6.45) is 0.366. The highest BCUT2D eigenvalue weighted by Gasteiger charge is 2.28. The molecule has 2 aromatic rings. The third kappa shape index (κ3) is 3.13. The van der Waals surface area contributed by atoms with Gasteiger partial charge in [0.2, 0.25) is 0 Å². The second-order valence-electron chi connectivity index (χ2n) is 5.96. The average Bonchev–Trinajstić information content (AvgIpc) is 2.83. The van der Waals surface area contributed by atoms with Crippen LogP contribution in [-0.2, 0) is 26.3 Å². The maximum absolute atomic E-state index is 12.6. The molecular formula is C16H15NO7S2. The molecule has 0 saturated heterocycles. The molecule has 26 heavy (non-hydrogen) atoms. The van der Waals surface area contributed by atoms with E-state index in [1.807, 2.05) is 0 Å². The van der Waals surface area contributed by atoms with Gasteiger partial charge < -0.3 is 10.2 Å². The summed E-state index contributed by atoms with van der Waals surface area (Å²) in [5.41, 5.74) is 0.408. The number of hydrogen-bond donors (Lipinski definition) is 3. The SMILES string of the molecule is Cc1cc(C(=O)O)c(O)c(S(=O)(=O)Nc2ccc3c(c2)S(=O)(=O)CC3)c1. The number of fused-ring (bicyclic) bond motifs is 1. The minimum atomic E-state index is -4.34. The number of hydrogen-bond acceptors (Lipinski definition) is 6. The summed E-state index contributed by atoms with van der Waals surface area (Å²) in [6.45, 7) is 1.49. The normalized spacial score (nSPS) is 15.4. The van der Waals surface area contributed by atoms with E-state index in [4.69, 9.17) is 5.11 Å². The molecule has 0 fully saturated rings. The summed E-state index contributed by atoms with van der Waals surface area (Å²) in [4.78, 5) is 10.6. The van der Waals surface area contributed by atoms with E-state index >= 15 is 0 Å². The van der Waals surface area contributed by atoms with Crippen LogP contribution in [0.15, 0.2) is 40.1 Å². The van der Waals surface area contributed by atoms with Gasteiger partial charge in [-0.2, -0.15) is 0 Å². The van der Waals surface area contributed by atoms with Gasteiger partial charge >= 0.3 is 5.97 Å². The van der Waals surface area contributed by atoms with Gasteiger partial charge in [-0.05, 0) is 48.7 Å². The maximum atomic E-state index is 12.6. The van der Waals surface area contributed by atoms with E-state index in [1.54, 1.807) is 0 Å². The maximum Gasteiger partial charge on any atom is 0.339 e. The zero-order valence-corrected chi connectivity index (χ0v) is 15.2. The molecule has 1 aliphatic heterocycles. The summed E-state index contributed by atoms with van der Waals surface area (Å²) < 4.78 is 51.3. The van der Waals surface area contributed by atoms with Gasteiger partial charge in [0.05, 0.1) is 16.3 Å². The number of nitrogens with one attached hydrogen (secondary N) is 1. The molecule has 10 heteroatoms. The predicted molar refractivity (Wildman–Crippen MR) is 92.8 cm³/mol. The number of benzene rings is 2. The minimum absolute atomic E-state index is 0.00649. The first kappa shape index (κ1) is 18.2. The molecule has 0 bridgehead atoms. The second-order valence-corrected chi connectivity index (χ2v) is 9.69. The number of anilines is 1. The Morgan fingerprint density at radius 2 is 1.88 bits per heavy atom. The van der Waals surface area contributed by atoms with E-state index in [2.05, 4.69) is 4.72 Å². The Balaban J connectivity index is 2.05. The van der Waals surface area contributed by atoms with E-state index in [1.165, 1.54) is 25.1 Å². The summed E-state index contributed by atoms with van der Waals surface area (Å²) in [7, 11) is -7.78. The molecule has 0 atom stereocenters. The molecule has 0 saturated carbocycles. The lowest BCUT2D eigenvalue weighted by Gasteiger charge is -2.12. The van der Waals surface area contributed by atoms with Crippen molar-refractivity contribution in [2.45, 2.75) is 23.1 Å². The van der Waals surface area contributed by atoms with Crippen molar-refractivity contribution in [3.05, 3.63) is 47.0 Å². The molecule has 8 nitrogen and oxygen atoms in total. The molecule has 1 aliphatic rings. The Labute approximate surface area is 150 Å². The second kappa shape index (κ2) is 5.99. The zero-order chi connectivity index (χ0) is 19.3. The van der Waals surface area contributed by atoms with Crippen molar-refractivity contribution in [1.29, 1.82) is 0 Å². The topological polar surface area (TPSA) is 138 Å². The molecule has 0 aromatic heterocycles. The number of aromatic hydroxyl groups is 1. The quantitative estimate of drug-likeness (QED) is 0.711. The van der Waals surface area contributed by atoms with Crippen molar-refractivity contribution in [3.63, 3.8) is 0 Å². The predicted octanol–water partition coefficient (Wildman–Crippen LogP) is 1.53. The van der Waals surface area contributed by atoms with Crippen LogP contribution in [0.3, 0.4) is 0 Å². The first-order valence-electron chi connectivity index (χ1n) is 7.47. The molecule has 0 aliphatic carbocycles. The van der Waals surface area contributed by atoms with Crippen molar-refractivity contribution >= 4 is 31.5 Å². The molecule has 1 heterocycles. The van der Waals surface area contributed by atoms with Crippen LogP contribution >= 0.6 is 0 Å². The monoisotopic (exact) mass is 397 g/mol. The third-order valence-corrected chi connectivity index (χ3v) is 7.22. The van der Waals surface area contributed by atoms with Crippen LogP contribution in [0.2, 0.25) is 0 Å². The highest BCUT2D eigenvalue weighted by Crippen LogP contribution is 2.32. The Bertz CT molecular complexity index is 1140. The van der Waals surface area contributed by atoms with E-state index in [0.717, 1.165) is 12.1 Å². The van der Waals surface area contributed by atoms with E-state index in [-0.39, 0.29) is 16.3 Å². The molecule has 0 amide bonds. The van der Waals surface area contributed by atoms with Crippen molar-refractivity contribution in [2.75, 3.05) is 10.5 Å². The van der Waals surface area contributed by atoms with Crippen LogP contribution in [0.5, 0.6) is 5.75 Å². The number of aromatic carboxylic acids is 1. The lowest BCUT2D eigenvalue weighted by Crippen LogP contribution is -2.15. The number of carbonyl (C=O) groups is 1. The van der Waals surface area contributed by atoms with Gasteiger partial charge in [-0.25, -0.2) is 21.6 Å². The molecule has 0 unspecified atom stereocenters. The lowest BCUT2D eigenvalue weighted by atomic mass is 10.1. The van der Waals surface area contributed by atoms with Crippen molar-refractivity contribution < 1.29 is 31.8 Å². The fraction of sp³-hybridized carbons (Fsp3) is 0.188. The molecule has 138 valence electrons. The largest absolute Gasteiger partial charge is 0.506 e. The average molecular weight is 397 g/mol. The van der Waals surface area contributed by atoms with Gasteiger partial charge in [0.1, 0.15) is 10.5 Å². The van der Waals surface area contributed by atoms with Crippen LogP contribution < -0.4 is 4.72 Å². The number of sulfone groups is 1. The number of carboxylic acids is 1. The third-order valence-electron chi connectivity index (χ3n) is 4.03. The highest BCUT2D eigenvalue weighted by molar-refractivity contribution is 7.93. The smallest absolute Gasteiger partial charge is 0.339 e. The fourth-order valence-corrected chi connectivity index (χ4v) is 5.63. The zero-order valence-electron chi connectivity index (χ0n) is 13.6. The first-order valence-corrected chi connectivity index (χ1v) is 10.6. The highest BCUT2D eigenvalue weighted by atomic mass is 32.2. The van der Waals surface area contributed by atoms with Gasteiger partial charge in [0.25, 0.3) is 10.0 Å². The fourth-order valence-electron chi connectivity index (χ4n) is 2.79. The summed E-state index contributed by atoms with van der Waals surface area (Å²) in [5, 5.41) is 19.1. The van der Waals surface area contributed by atoms with Gasteiger partial charge in [-0.3, -0.25) is 4.72 Å². The molecule has 3 rings (SSSR count). The molecule has 0 spiro atoms. The lowest BCUT2D eigenvalue weighted by molar-refractivity contribution is 0.0693. The van der Waals surface area contributed by atoms with Gasteiger partial charge in [0.15, 0.2) is 15.6 Å². The summed E-state index contributed by atoms with van der Waals surface area (Å²) in [5.74, 6) is -2.38. The number of aryl methyl sites for hydroxylation is 2. The van der Waals surface area contributed by atoms with E-state index in [9.17, 15) is 26.7 Å². The van der Waals surface area contributed by atoms with Crippen molar-refractivity contribution in [3.8, 4) is 5.75 Å². The first-order chi connectivity index (χ1) is 12.0. The summed E-state index contributed by atoms with van der Waals surface area (Å²) >= 11 is 0. The molecule has 2 aromatic carbocycles. The number of carboxylic acid groups (broad SMARTS) is 1. The van der Waals surface area contributed by atoms with Gasteiger partial charge in [-0.1, -0.05) is 6.07 Å². The van der Waals surface area contributed by atoms with Crippen LogP contribution in [0.4, 0.5) is 5.69 Å². The number of sulfonamides is 1. The minimum Gasteiger partial charge on any atom is -0.506 e. The van der Waals surface area contributed by atoms with E-state index < -0.39 is 42.0 Å². The Kier molecular flexibility index (Phi) is 4.20. The van der Waals surface area contributed by atoms with Crippen LogP contribution in [0.25, 0.3) is 0 Å². The van der Waals surface area contributed by atoms with Crippen LogP contribution in [0.1, 0.15) is 21.5 Å². The number of phenols is 1. The van der Waals surface area contributed by atoms with Crippen LogP contribution in [-0.4, -0.2) is 38.8 Å². The molecule has 0 radical (unpaired) electrons. The Morgan fingerprint density at radius 1 is 1.19 bits per heavy atom. The van der Waals surface area contributed by atoms with E-state index in [0.29, 0.717) is 17.5 Å². The molecular weight excluding hydrogens is 382 g/mol. The van der Waals surface area contributed by atoms with Gasteiger partial charge in [0, 0.05) is 0 Å². The molecule has 3 N–H and O–H groups in total. The summed E-state index contributed by atoms with van der Waals surface area (Å²) in [6, 6.07) is 6.45. The van der Waals surface area contributed by atoms with Crippen molar-refractivity contribution in [2.24, 2.45) is 0 Å².